The van der Waals surface area contributed by atoms with Crippen LogP contribution in [0.4, 0.5) is 13.2 Å². The number of nitrogens with zero attached hydrogens (tertiary/aromatic N) is 1. The summed E-state index contributed by atoms with van der Waals surface area (Å²) in [5.74, 6) is -0.227. The first-order valence-electron chi connectivity index (χ1n) is 7.53. The van der Waals surface area contributed by atoms with E-state index in [1.54, 1.807) is 19.9 Å². The SMILES string of the molecule is CCCOc1ccccc1C(N1CC(C)(C)C(=O)N1)C(F)(F)F. The summed E-state index contributed by atoms with van der Waals surface area (Å²) >= 11 is 0. The third-order valence-electron chi connectivity index (χ3n) is 3.72. The van der Waals surface area contributed by atoms with E-state index in [0.29, 0.717) is 13.0 Å². The van der Waals surface area contributed by atoms with Gasteiger partial charge in [-0.3, -0.25) is 10.2 Å². The summed E-state index contributed by atoms with van der Waals surface area (Å²) in [5, 5.41) is 0.955. The van der Waals surface area contributed by atoms with Crippen LogP contribution >= 0.6 is 0 Å². The lowest BCUT2D eigenvalue weighted by Gasteiger charge is -2.31. The Bertz CT molecular complexity index is 573. The number of amides is 1. The normalized spacial score (nSPS) is 19.5. The Labute approximate surface area is 133 Å². The minimum absolute atomic E-state index is 0.00597. The van der Waals surface area contributed by atoms with E-state index in [-0.39, 0.29) is 17.9 Å². The number of rotatable bonds is 5. The highest BCUT2D eigenvalue weighted by molar-refractivity contribution is 5.83. The Morgan fingerprint density at radius 2 is 2.00 bits per heavy atom. The molecule has 7 heteroatoms. The predicted octanol–water partition coefficient (Wildman–Crippen LogP) is 3.45. The maximum absolute atomic E-state index is 13.7. The number of ether oxygens (including phenoxy) is 1. The molecule has 128 valence electrons. The zero-order valence-corrected chi connectivity index (χ0v) is 13.4. The molecule has 1 fully saturated rings. The highest BCUT2D eigenvalue weighted by atomic mass is 19.4. The monoisotopic (exact) mass is 330 g/mol. The van der Waals surface area contributed by atoms with Crippen molar-refractivity contribution in [2.75, 3.05) is 13.2 Å². The van der Waals surface area contributed by atoms with Crippen molar-refractivity contribution in [3.8, 4) is 5.75 Å². The van der Waals surface area contributed by atoms with Crippen LogP contribution in [0.15, 0.2) is 24.3 Å². The summed E-state index contributed by atoms with van der Waals surface area (Å²) in [7, 11) is 0. The second kappa shape index (κ2) is 6.39. The number of carbonyl (C=O) groups excluding carboxylic acids is 1. The van der Waals surface area contributed by atoms with Crippen LogP contribution in [-0.4, -0.2) is 30.2 Å². The second-order valence-corrected chi connectivity index (χ2v) is 6.28. The fourth-order valence-electron chi connectivity index (χ4n) is 2.55. The first-order valence-corrected chi connectivity index (χ1v) is 7.53. The van der Waals surface area contributed by atoms with Gasteiger partial charge in [0.2, 0.25) is 5.91 Å². The molecule has 1 aromatic rings. The number of nitrogens with one attached hydrogen (secondary N) is 1. The lowest BCUT2D eigenvalue weighted by Crippen LogP contribution is -2.43. The fraction of sp³-hybridized carbons (Fsp3) is 0.562. The molecule has 0 saturated carbocycles. The van der Waals surface area contributed by atoms with Crippen molar-refractivity contribution in [3.63, 3.8) is 0 Å². The van der Waals surface area contributed by atoms with Gasteiger partial charge in [-0.05, 0) is 26.3 Å². The molecule has 1 aromatic carbocycles. The molecule has 0 aromatic heterocycles. The molecule has 1 N–H and O–H groups in total. The number of benzene rings is 1. The molecule has 4 nitrogen and oxygen atoms in total. The van der Waals surface area contributed by atoms with Crippen LogP contribution in [0.3, 0.4) is 0 Å². The van der Waals surface area contributed by atoms with Gasteiger partial charge in [-0.25, -0.2) is 5.01 Å². The van der Waals surface area contributed by atoms with Gasteiger partial charge in [0.1, 0.15) is 5.75 Å². The lowest BCUT2D eigenvalue weighted by atomic mass is 9.93. The van der Waals surface area contributed by atoms with E-state index in [1.165, 1.54) is 18.2 Å². The van der Waals surface area contributed by atoms with Crippen molar-refractivity contribution >= 4 is 5.91 Å². The Morgan fingerprint density at radius 1 is 1.35 bits per heavy atom. The standard InChI is InChI=1S/C16H21F3N2O2/c1-4-9-23-12-8-6-5-7-11(12)13(16(17,18)19)21-10-15(2,3)14(22)20-21/h5-8,13H,4,9-10H2,1-3H3,(H,20,22). The number of alkyl halides is 3. The van der Waals surface area contributed by atoms with E-state index >= 15 is 0 Å². The summed E-state index contributed by atoms with van der Waals surface area (Å²) < 4.78 is 46.5. The number of hydrazine groups is 1. The Morgan fingerprint density at radius 3 is 2.52 bits per heavy atom. The van der Waals surface area contributed by atoms with Crippen molar-refractivity contribution in [3.05, 3.63) is 29.8 Å². The van der Waals surface area contributed by atoms with Crippen molar-refractivity contribution in [1.82, 2.24) is 10.4 Å². The smallest absolute Gasteiger partial charge is 0.410 e. The maximum Gasteiger partial charge on any atom is 0.410 e. The van der Waals surface area contributed by atoms with E-state index in [1.807, 2.05) is 6.92 Å². The van der Waals surface area contributed by atoms with Crippen LogP contribution < -0.4 is 10.2 Å². The van der Waals surface area contributed by atoms with Gasteiger partial charge in [-0.15, -0.1) is 0 Å². The summed E-state index contributed by atoms with van der Waals surface area (Å²) in [6.07, 6.45) is -3.85. The van der Waals surface area contributed by atoms with Gasteiger partial charge in [0, 0.05) is 12.1 Å². The van der Waals surface area contributed by atoms with Gasteiger partial charge >= 0.3 is 6.18 Å². The molecule has 0 radical (unpaired) electrons. The minimum Gasteiger partial charge on any atom is -0.493 e. The van der Waals surface area contributed by atoms with E-state index in [0.717, 1.165) is 5.01 Å². The largest absolute Gasteiger partial charge is 0.493 e. The van der Waals surface area contributed by atoms with Crippen molar-refractivity contribution < 1.29 is 22.7 Å². The van der Waals surface area contributed by atoms with Crippen LogP contribution in [-0.2, 0) is 4.79 Å². The molecule has 23 heavy (non-hydrogen) atoms. The number of para-hydroxylation sites is 1. The van der Waals surface area contributed by atoms with Gasteiger partial charge in [0.05, 0.1) is 12.0 Å². The van der Waals surface area contributed by atoms with Crippen LogP contribution in [0.2, 0.25) is 0 Å². The molecule has 1 aliphatic rings. The van der Waals surface area contributed by atoms with Crippen LogP contribution in [0.25, 0.3) is 0 Å². The summed E-state index contributed by atoms with van der Waals surface area (Å²) in [5.41, 5.74) is 1.49. The molecule has 0 aliphatic carbocycles. The van der Waals surface area contributed by atoms with Gasteiger partial charge in [-0.1, -0.05) is 25.1 Å². The van der Waals surface area contributed by atoms with Gasteiger partial charge < -0.3 is 4.74 Å². The quantitative estimate of drug-likeness (QED) is 0.899. The van der Waals surface area contributed by atoms with E-state index in [9.17, 15) is 18.0 Å². The Hall–Kier alpha value is -1.76. The third kappa shape index (κ3) is 3.77. The van der Waals surface area contributed by atoms with E-state index < -0.39 is 23.5 Å². The third-order valence-corrected chi connectivity index (χ3v) is 3.72. The minimum atomic E-state index is -4.54. The molecule has 1 aliphatic heterocycles. The average molecular weight is 330 g/mol. The van der Waals surface area contributed by atoms with Crippen LogP contribution in [0.5, 0.6) is 5.75 Å². The maximum atomic E-state index is 13.7. The Kier molecular flexibility index (Phi) is 4.89. The number of carbonyl (C=O) groups is 1. The zero-order valence-electron chi connectivity index (χ0n) is 13.4. The molecular weight excluding hydrogens is 309 g/mol. The molecule has 2 rings (SSSR count). The highest BCUT2D eigenvalue weighted by Crippen LogP contribution is 2.43. The summed E-state index contributed by atoms with van der Waals surface area (Å²) in [4.78, 5) is 11.9. The molecule has 1 saturated heterocycles. The predicted molar refractivity (Wildman–Crippen MR) is 79.7 cm³/mol. The van der Waals surface area contributed by atoms with Crippen LogP contribution in [0, 0.1) is 5.41 Å². The van der Waals surface area contributed by atoms with Crippen LogP contribution in [0.1, 0.15) is 38.8 Å². The number of halogens is 3. The molecule has 1 heterocycles. The molecule has 1 atom stereocenters. The average Bonchev–Trinajstić information content (AvgIpc) is 2.70. The van der Waals surface area contributed by atoms with Crippen molar-refractivity contribution in [2.24, 2.45) is 5.41 Å². The number of hydrogen-bond acceptors (Lipinski definition) is 3. The van der Waals surface area contributed by atoms with Gasteiger partial charge in [0.15, 0.2) is 6.04 Å². The molecular formula is C16H21F3N2O2. The van der Waals surface area contributed by atoms with E-state index in [2.05, 4.69) is 5.43 Å². The molecule has 1 unspecified atom stereocenters. The van der Waals surface area contributed by atoms with Gasteiger partial charge in [-0.2, -0.15) is 13.2 Å². The Balaban J connectivity index is 2.40. The van der Waals surface area contributed by atoms with Crippen molar-refractivity contribution in [1.29, 1.82) is 0 Å². The fourth-order valence-corrected chi connectivity index (χ4v) is 2.55. The zero-order chi connectivity index (χ0) is 17.3. The summed E-state index contributed by atoms with van der Waals surface area (Å²) in [6.45, 7) is 5.43. The molecule has 0 spiro atoms. The van der Waals surface area contributed by atoms with E-state index in [4.69, 9.17) is 4.74 Å². The first-order chi connectivity index (χ1) is 10.7. The molecule has 0 bridgehead atoms. The van der Waals surface area contributed by atoms with Crippen molar-refractivity contribution in [2.45, 2.75) is 39.4 Å². The molecule has 1 amide bonds. The highest BCUT2D eigenvalue weighted by Gasteiger charge is 2.51. The topological polar surface area (TPSA) is 41.6 Å². The second-order valence-electron chi connectivity index (χ2n) is 6.28. The number of hydrogen-bond donors (Lipinski definition) is 1. The van der Waals surface area contributed by atoms with Gasteiger partial charge in [0.25, 0.3) is 0 Å². The lowest BCUT2D eigenvalue weighted by molar-refractivity contribution is -0.192. The summed E-state index contributed by atoms with van der Waals surface area (Å²) in [6, 6.07) is 4.14. The first kappa shape index (κ1) is 17.6.